The molecule has 3 atom stereocenters. The molecule has 1 aromatic rings. The van der Waals surface area contributed by atoms with E-state index in [1.54, 1.807) is 12.1 Å². The van der Waals surface area contributed by atoms with Gasteiger partial charge in [0.05, 0.1) is 0 Å². The van der Waals surface area contributed by atoms with E-state index in [2.05, 4.69) is 41.3 Å². The summed E-state index contributed by atoms with van der Waals surface area (Å²) in [5, 5.41) is 6.99. The molecule has 1 saturated carbocycles. The van der Waals surface area contributed by atoms with E-state index in [1.807, 2.05) is 19.1 Å². The number of guanidine groups is 1. The molecule has 0 amide bonds. The number of hydrogen-bond acceptors (Lipinski definition) is 2. The van der Waals surface area contributed by atoms with E-state index in [0.717, 1.165) is 50.5 Å². The van der Waals surface area contributed by atoms with Crippen LogP contribution in [0.5, 0.6) is 0 Å². The Kier molecular flexibility index (Phi) is 11.2. The van der Waals surface area contributed by atoms with E-state index in [0.29, 0.717) is 6.04 Å². The largest absolute Gasteiger partial charge is 0.354 e. The molecular weight excluding hydrogens is 454 g/mol. The van der Waals surface area contributed by atoms with Crippen LogP contribution in [0.3, 0.4) is 0 Å². The maximum atomic E-state index is 13.9. The fraction of sp³-hybridized carbons (Fsp3) is 0.667. The van der Waals surface area contributed by atoms with Gasteiger partial charge in [0.15, 0.2) is 5.96 Å². The quantitative estimate of drug-likeness (QED) is 0.291. The van der Waals surface area contributed by atoms with Crippen LogP contribution in [-0.4, -0.2) is 49.1 Å². The zero-order chi connectivity index (χ0) is 18.9. The van der Waals surface area contributed by atoms with Crippen molar-refractivity contribution in [2.45, 2.75) is 65.0 Å². The first-order chi connectivity index (χ1) is 12.6. The van der Waals surface area contributed by atoms with Crippen LogP contribution in [0.1, 0.15) is 58.4 Å². The maximum Gasteiger partial charge on any atom is 0.191 e. The van der Waals surface area contributed by atoms with Crippen LogP contribution in [-0.2, 0) is 0 Å². The van der Waals surface area contributed by atoms with E-state index in [1.165, 1.54) is 6.42 Å². The Labute approximate surface area is 181 Å². The Bertz CT molecular complexity index is 577. The lowest BCUT2D eigenvalue weighted by molar-refractivity contribution is 0.292. The zero-order valence-electron chi connectivity index (χ0n) is 17.2. The highest BCUT2D eigenvalue weighted by molar-refractivity contribution is 14.0. The van der Waals surface area contributed by atoms with Crippen molar-refractivity contribution >= 4 is 29.9 Å². The molecule has 6 heteroatoms. The topological polar surface area (TPSA) is 39.7 Å². The highest BCUT2D eigenvalue weighted by atomic mass is 127. The third kappa shape index (κ3) is 7.94. The van der Waals surface area contributed by atoms with Crippen LogP contribution < -0.4 is 10.6 Å². The van der Waals surface area contributed by atoms with Crippen molar-refractivity contribution in [3.63, 3.8) is 0 Å². The smallest absolute Gasteiger partial charge is 0.191 e. The highest BCUT2D eigenvalue weighted by Gasteiger charge is 2.40. The summed E-state index contributed by atoms with van der Waals surface area (Å²) in [4.78, 5) is 7.01. The molecule has 154 valence electrons. The Balaban J connectivity index is 0.00000364. The van der Waals surface area contributed by atoms with Crippen LogP contribution in [0, 0.1) is 5.82 Å². The molecule has 2 N–H and O–H groups in total. The number of rotatable bonds is 10. The Morgan fingerprint density at radius 3 is 2.59 bits per heavy atom. The maximum absolute atomic E-state index is 13.9. The Hall–Kier alpha value is -0.890. The minimum atomic E-state index is -0.103. The lowest BCUT2D eigenvalue weighted by atomic mass is 10.1. The molecule has 0 aromatic heterocycles. The van der Waals surface area contributed by atoms with Gasteiger partial charge in [-0.25, -0.2) is 4.39 Å². The van der Waals surface area contributed by atoms with Crippen molar-refractivity contribution in [1.82, 2.24) is 15.5 Å². The molecule has 2 rings (SSSR count). The predicted octanol–water partition coefficient (Wildman–Crippen LogP) is 4.37. The normalized spacial score (nSPS) is 20.1. The summed E-state index contributed by atoms with van der Waals surface area (Å²) in [6, 6.07) is 7.73. The second-order valence-electron chi connectivity index (χ2n) is 7.15. The monoisotopic (exact) mass is 490 g/mol. The van der Waals surface area contributed by atoms with Crippen LogP contribution in [0.15, 0.2) is 29.3 Å². The molecular formula is C21H36FIN4. The van der Waals surface area contributed by atoms with Gasteiger partial charge in [0.25, 0.3) is 0 Å². The third-order valence-corrected chi connectivity index (χ3v) is 5.12. The van der Waals surface area contributed by atoms with E-state index in [4.69, 9.17) is 0 Å². The molecule has 0 spiro atoms. The van der Waals surface area contributed by atoms with Crippen LogP contribution >= 0.6 is 24.0 Å². The lowest BCUT2D eigenvalue weighted by Gasteiger charge is -2.21. The molecule has 1 aliphatic rings. The molecule has 0 aliphatic heterocycles. The molecule has 1 aliphatic carbocycles. The number of nitrogens with one attached hydrogen (secondary N) is 2. The van der Waals surface area contributed by atoms with E-state index in [9.17, 15) is 4.39 Å². The van der Waals surface area contributed by atoms with Crippen molar-refractivity contribution < 1.29 is 4.39 Å². The van der Waals surface area contributed by atoms with Crippen LogP contribution in [0.4, 0.5) is 4.39 Å². The minimum Gasteiger partial charge on any atom is -0.354 e. The van der Waals surface area contributed by atoms with Crippen LogP contribution in [0.2, 0.25) is 0 Å². The van der Waals surface area contributed by atoms with Gasteiger partial charge in [0.1, 0.15) is 5.82 Å². The van der Waals surface area contributed by atoms with Gasteiger partial charge in [-0.3, -0.25) is 4.99 Å². The predicted molar refractivity (Wildman–Crippen MR) is 124 cm³/mol. The number of nitrogens with zero attached hydrogens (tertiary/aromatic N) is 2. The standard InChI is InChI=1S/C21H35FN4.HI/c1-5-23-21(24-16(4)11-10-14-26(6-2)7-3)25-20-15-18(20)17-12-8-9-13-19(17)22;/h8-9,12-13,16,18,20H,5-7,10-11,14-15H2,1-4H3,(H2,23,24,25);1H. The Morgan fingerprint density at radius 1 is 1.26 bits per heavy atom. The number of aliphatic imine (C=N–C) groups is 1. The molecule has 4 nitrogen and oxygen atoms in total. The summed E-state index contributed by atoms with van der Waals surface area (Å²) in [7, 11) is 0. The second-order valence-corrected chi connectivity index (χ2v) is 7.15. The van der Waals surface area contributed by atoms with Gasteiger partial charge in [0, 0.05) is 24.5 Å². The van der Waals surface area contributed by atoms with Gasteiger partial charge >= 0.3 is 0 Å². The summed E-state index contributed by atoms with van der Waals surface area (Å²) >= 11 is 0. The minimum absolute atomic E-state index is 0. The Morgan fingerprint density at radius 2 is 1.96 bits per heavy atom. The summed E-state index contributed by atoms with van der Waals surface area (Å²) in [5.74, 6) is 0.998. The van der Waals surface area contributed by atoms with Crippen LogP contribution in [0.25, 0.3) is 0 Å². The average molecular weight is 490 g/mol. The molecule has 0 saturated heterocycles. The van der Waals surface area contributed by atoms with Gasteiger partial charge in [-0.2, -0.15) is 0 Å². The zero-order valence-corrected chi connectivity index (χ0v) is 19.5. The van der Waals surface area contributed by atoms with Crippen molar-refractivity contribution in [3.05, 3.63) is 35.6 Å². The van der Waals surface area contributed by atoms with Crippen molar-refractivity contribution in [1.29, 1.82) is 0 Å². The summed E-state index contributed by atoms with van der Waals surface area (Å²) in [6.45, 7) is 12.8. The highest BCUT2D eigenvalue weighted by Crippen LogP contribution is 2.41. The molecule has 3 unspecified atom stereocenters. The molecule has 0 heterocycles. The molecule has 0 radical (unpaired) electrons. The lowest BCUT2D eigenvalue weighted by Crippen LogP contribution is -2.44. The fourth-order valence-corrected chi connectivity index (χ4v) is 3.41. The van der Waals surface area contributed by atoms with Crippen molar-refractivity contribution in [2.24, 2.45) is 4.99 Å². The summed E-state index contributed by atoms with van der Waals surface area (Å²) in [5.41, 5.74) is 0.813. The first-order valence-corrected chi connectivity index (χ1v) is 10.1. The van der Waals surface area contributed by atoms with Gasteiger partial charge in [-0.15, -0.1) is 24.0 Å². The second kappa shape index (κ2) is 12.5. The van der Waals surface area contributed by atoms with Crippen molar-refractivity contribution in [2.75, 3.05) is 26.2 Å². The molecule has 1 fully saturated rings. The van der Waals surface area contributed by atoms with Gasteiger partial charge in [0.2, 0.25) is 0 Å². The summed E-state index contributed by atoms with van der Waals surface area (Å²) < 4.78 is 13.9. The third-order valence-electron chi connectivity index (χ3n) is 5.12. The number of hydrogen-bond donors (Lipinski definition) is 2. The van der Waals surface area contributed by atoms with Gasteiger partial charge in [-0.05, 0) is 64.4 Å². The molecule has 0 bridgehead atoms. The first kappa shape index (κ1) is 24.1. The average Bonchev–Trinajstić information content (AvgIpc) is 3.38. The number of benzene rings is 1. The van der Waals surface area contributed by atoms with E-state index < -0.39 is 0 Å². The van der Waals surface area contributed by atoms with E-state index in [-0.39, 0.29) is 41.8 Å². The fourth-order valence-electron chi connectivity index (χ4n) is 3.41. The molecule has 1 aromatic carbocycles. The van der Waals surface area contributed by atoms with Crippen molar-refractivity contribution in [3.8, 4) is 0 Å². The van der Waals surface area contributed by atoms with Gasteiger partial charge < -0.3 is 15.5 Å². The first-order valence-electron chi connectivity index (χ1n) is 10.1. The van der Waals surface area contributed by atoms with E-state index >= 15 is 0 Å². The molecule has 27 heavy (non-hydrogen) atoms. The number of halogens is 2. The summed E-state index contributed by atoms with van der Waals surface area (Å²) in [6.07, 6.45) is 3.25. The van der Waals surface area contributed by atoms with Gasteiger partial charge in [-0.1, -0.05) is 32.0 Å². The SMILES string of the molecule is CCN=C(NC(C)CCCN(CC)CC)NC1CC1c1ccccc1F.I.